The summed E-state index contributed by atoms with van der Waals surface area (Å²) in [5.74, 6) is 1.19. The molecule has 192 valence electrons. The molecule has 1 aliphatic heterocycles. The number of nitrogens with one attached hydrogen (secondary N) is 1. The van der Waals surface area contributed by atoms with E-state index >= 15 is 0 Å². The second kappa shape index (κ2) is 8.51. The molecule has 7 heteroatoms. The number of urea groups is 1. The lowest BCUT2D eigenvalue weighted by molar-refractivity contribution is -0.122. The summed E-state index contributed by atoms with van der Waals surface area (Å²) in [6, 6.07) is 16.1. The van der Waals surface area contributed by atoms with E-state index in [0.717, 1.165) is 22.7 Å². The molecule has 2 heterocycles. The molecule has 5 fully saturated rings. The van der Waals surface area contributed by atoms with Gasteiger partial charge in [-0.2, -0.15) is 0 Å². The fourth-order valence-corrected chi connectivity index (χ4v) is 7.69. The van der Waals surface area contributed by atoms with Crippen LogP contribution >= 0.6 is 0 Å². The zero-order valence-corrected chi connectivity index (χ0v) is 20.8. The van der Waals surface area contributed by atoms with Crippen LogP contribution in [0.25, 0.3) is 17.4 Å². The maximum atomic E-state index is 13.6. The quantitative estimate of drug-likeness (QED) is 0.334. The third kappa shape index (κ3) is 3.80. The highest BCUT2D eigenvalue weighted by Crippen LogP contribution is 2.60. The van der Waals surface area contributed by atoms with E-state index in [1.807, 2.05) is 12.1 Å². The van der Waals surface area contributed by atoms with Gasteiger partial charge in [0.2, 0.25) is 0 Å². The van der Waals surface area contributed by atoms with Gasteiger partial charge in [-0.1, -0.05) is 24.3 Å². The van der Waals surface area contributed by atoms with Gasteiger partial charge in [0.15, 0.2) is 0 Å². The fraction of sp³-hybridized carbons (Fsp3) is 0.323. The minimum absolute atomic E-state index is 0.209. The molecule has 5 aliphatic rings. The van der Waals surface area contributed by atoms with Crippen LogP contribution in [0.5, 0.6) is 0 Å². The van der Waals surface area contributed by atoms with Gasteiger partial charge in [-0.05, 0) is 110 Å². The number of anilines is 1. The van der Waals surface area contributed by atoms with E-state index in [-0.39, 0.29) is 16.7 Å². The lowest BCUT2D eigenvalue weighted by Gasteiger charge is -2.57. The number of imide groups is 2. The molecule has 1 aromatic heterocycles. The molecule has 4 bridgehead atoms. The van der Waals surface area contributed by atoms with Crippen molar-refractivity contribution in [2.75, 3.05) is 4.90 Å². The lowest BCUT2D eigenvalue weighted by Crippen LogP contribution is -2.54. The summed E-state index contributed by atoms with van der Waals surface area (Å²) in [4.78, 5) is 39.7. The SMILES string of the molecule is O=C1NC(=O)N(c2ccc(C34CC5CC(CC(C5)C3)C4)cc2)C(=O)/C1=C/c1ccc(-c2cccc(F)c2)o1. The average molecular weight is 511 g/mol. The maximum absolute atomic E-state index is 13.6. The van der Waals surface area contributed by atoms with Gasteiger partial charge in [-0.3, -0.25) is 14.9 Å². The van der Waals surface area contributed by atoms with Crippen molar-refractivity contribution in [3.8, 4) is 11.3 Å². The molecular weight excluding hydrogens is 483 g/mol. The first-order valence-corrected chi connectivity index (χ1v) is 13.2. The second-order valence-corrected chi connectivity index (χ2v) is 11.4. The summed E-state index contributed by atoms with van der Waals surface area (Å²) in [5, 5.41) is 2.27. The largest absolute Gasteiger partial charge is 0.457 e. The third-order valence-electron chi connectivity index (χ3n) is 8.90. The minimum atomic E-state index is -0.787. The Hall–Kier alpha value is -4.00. The molecule has 6 nitrogen and oxygen atoms in total. The Bertz CT molecular complexity index is 1470. The number of nitrogens with zero attached hydrogens (tertiary/aromatic N) is 1. The van der Waals surface area contributed by atoms with Gasteiger partial charge in [0.1, 0.15) is 22.9 Å². The minimum Gasteiger partial charge on any atom is -0.457 e. The molecule has 2 aromatic carbocycles. The smallest absolute Gasteiger partial charge is 0.335 e. The Kier molecular flexibility index (Phi) is 5.18. The highest BCUT2D eigenvalue weighted by molar-refractivity contribution is 6.39. The summed E-state index contributed by atoms with van der Waals surface area (Å²) in [7, 11) is 0. The third-order valence-corrected chi connectivity index (χ3v) is 8.90. The fourth-order valence-electron chi connectivity index (χ4n) is 7.69. The molecule has 0 unspecified atom stereocenters. The van der Waals surface area contributed by atoms with E-state index in [1.54, 1.807) is 24.3 Å². The summed E-state index contributed by atoms with van der Waals surface area (Å²) >= 11 is 0. The van der Waals surface area contributed by atoms with Gasteiger partial charge in [0.25, 0.3) is 11.8 Å². The molecule has 1 saturated heterocycles. The molecule has 0 atom stereocenters. The van der Waals surface area contributed by atoms with Crippen LogP contribution in [-0.2, 0) is 15.0 Å². The number of hydrogen-bond donors (Lipinski definition) is 1. The van der Waals surface area contributed by atoms with Crippen LogP contribution in [0.2, 0.25) is 0 Å². The van der Waals surface area contributed by atoms with Crippen LogP contribution in [0.3, 0.4) is 0 Å². The Morgan fingerprint density at radius 1 is 0.895 bits per heavy atom. The first kappa shape index (κ1) is 23.1. The van der Waals surface area contributed by atoms with Crippen LogP contribution in [0.15, 0.2) is 70.7 Å². The Morgan fingerprint density at radius 3 is 2.24 bits per heavy atom. The molecule has 0 spiro atoms. The molecule has 8 rings (SSSR count). The highest BCUT2D eigenvalue weighted by Gasteiger charge is 2.51. The van der Waals surface area contributed by atoms with E-state index in [9.17, 15) is 18.8 Å². The molecule has 38 heavy (non-hydrogen) atoms. The van der Waals surface area contributed by atoms with Crippen LogP contribution in [-0.4, -0.2) is 17.8 Å². The predicted molar refractivity (Wildman–Crippen MR) is 139 cm³/mol. The van der Waals surface area contributed by atoms with Gasteiger partial charge < -0.3 is 4.42 Å². The van der Waals surface area contributed by atoms with Gasteiger partial charge >= 0.3 is 6.03 Å². The molecule has 4 aliphatic carbocycles. The van der Waals surface area contributed by atoms with Crippen molar-refractivity contribution in [1.29, 1.82) is 0 Å². The molecular formula is C31H27FN2O4. The maximum Gasteiger partial charge on any atom is 0.335 e. The Balaban J connectivity index is 1.16. The van der Waals surface area contributed by atoms with E-state index in [1.165, 1.54) is 62.3 Å². The van der Waals surface area contributed by atoms with Crippen molar-refractivity contribution in [2.24, 2.45) is 17.8 Å². The zero-order valence-electron chi connectivity index (χ0n) is 20.8. The number of halogens is 1. The van der Waals surface area contributed by atoms with Crippen LogP contribution in [0, 0.1) is 23.6 Å². The van der Waals surface area contributed by atoms with Crippen molar-refractivity contribution >= 4 is 29.6 Å². The van der Waals surface area contributed by atoms with Crippen molar-refractivity contribution < 1.29 is 23.2 Å². The molecule has 3 aromatic rings. The highest BCUT2D eigenvalue weighted by atomic mass is 19.1. The number of barbiturate groups is 1. The van der Waals surface area contributed by atoms with Gasteiger partial charge in [-0.15, -0.1) is 0 Å². The number of furan rings is 1. The van der Waals surface area contributed by atoms with Crippen LogP contribution in [0.1, 0.15) is 49.8 Å². The summed E-state index contributed by atoms with van der Waals surface area (Å²) < 4.78 is 19.3. The first-order chi connectivity index (χ1) is 18.4. The van der Waals surface area contributed by atoms with Crippen molar-refractivity contribution in [3.05, 3.63) is 83.4 Å². The molecule has 1 N–H and O–H groups in total. The molecule has 4 amide bonds. The lowest BCUT2D eigenvalue weighted by atomic mass is 9.48. The van der Waals surface area contributed by atoms with E-state index < -0.39 is 23.7 Å². The normalized spacial score (nSPS) is 29.3. The molecule has 4 saturated carbocycles. The standard InChI is InChI=1S/C31H27FN2O4/c32-23-3-1-2-21(13-23)27-9-8-25(38-27)14-26-28(35)33-30(37)34(29(26)36)24-6-4-22(5-7-24)31-15-18-10-19(16-31)12-20(11-18)17-31/h1-9,13-14,18-20H,10-12,15-17H2,(H,33,35,37)/b26-14+. The summed E-state index contributed by atoms with van der Waals surface area (Å²) in [5.41, 5.74) is 2.23. The second-order valence-electron chi connectivity index (χ2n) is 11.4. The van der Waals surface area contributed by atoms with Gasteiger partial charge in [0, 0.05) is 5.56 Å². The van der Waals surface area contributed by atoms with Crippen molar-refractivity contribution in [2.45, 2.75) is 43.9 Å². The van der Waals surface area contributed by atoms with E-state index in [2.05, 4.69) is 17.4 Å². The van der Waals surface area contributed by atoms with E-state index in [4.69, 9.17) is 4.42 Å². The van der Waals surface area contributed by atoms with Crippen molar-refractivity contribution in [3.63, 3.8) is 0 Å². The average Bonchev–Trinajstić information content (AvgIpc) is 3.35. The molecule has 0 radical (unpaired) electrons. The van der Waals surface area contributed by atoms with E-state index in [0.29, 0.717) is 17.0 Å². The van der Waals surface area contributed by atoms with Crippen LogP contribution < -0.4 is 10.2 Å². The Labute approximate surface area is 219 Å². The number of hydrogen-bond acceptors (Lipinski definition) is 4. The van der Waals surface area contributed by atoms with Crippen LogP contribution in [0.4, 0.5) is 14.9 Å². The Morgan fingerprint density at radius 2 is 1.58 bits per heavy atom. The van der Waals surface area contributed by atoms with Gasteiger partial charge in [0.05, 0.1) is 5.69 Å². The van der Waals surface area contributed by atoms with Gasteiger partial charge in [-0.25, -0.2) is 14.1 Å². The number of rotatable bonds is 4. The number of benzene rings is 2. The summed E-state index contributed by atoms with van der Waals surface area (Å²) in [6.45, 7) is 0. The van der Waals surface area contributed by atoms with Crippen molar-refractivity contribution in [1.82, 2.24) is 5.32 Å². The number of carbonyl (C=O) groups is 3. The number of amides is 4. The summed E-state index contributed by atoms with van der Waals surface area (Å²) in [6.07, 6.45) is 9.08. The number of carbonyl (C=O) groups excluding carboxylic acids is 3. The first-order valence-electron chi connectivity index (χ1n) is 13.2. The monoisotopic (exact) mass is 510 g/mol. The zero-order chi connectivity index (χ0) is 26.0. The predicted octanol–water partition coefficient (Wildman–Crippen LogP) is 6.22. The topological polar surface area (TPSA) is 79.6 Å².